The molecule has 0 atom stereocenters. The summed E-state index contributed by atoms with van der Waals surface area (Å²) in [5.74, 6) is 0. The highest BCUT2D eigenvalue weighted by Gasteiger charge is 1.92. The third-order valence-corrected chi connectivity index (χ3v) is 1.77. The molecule has 0 unspecified atom stereocenters. The molecule has 0 aromatic heterocycles. The SMILES string of the molecule is C/C(C=O)=C\c1cccc(CN)c1. The summed E-state index contributed by atoms with van der Waals surface area (Å²) in [6.45, 7) is 2.31. The maximum Gasteiger partial charge on any atom is 0.145 e. The van der Waals surface area contributed by atoms with Gasteiger partial charge in [0.15, 0.2) is 0 Å². The maximum atomic E-state index is 10.4. The molecule has 0 saturated heterocycles. The number of allylic oxidation sites excluding steroid dienone is 1. The van der Waals surface area contributed by atoms with Crippen molar-refractivity contribution < 1.29 is 4.79 Å². The highest BCUT2D eigenvalue weighted by Crippen LogP contribution is 2.08. The Bertz CT molecular complexity index is 329. The summed E-state index contributed by atoms with van der Waals surface area (Å²) < 4.78 is 0. The van der Waals surface area contributed by atoms with E-state index < -0.39 is 0 Å². The van der Waals surface area contributed by atoms with Gasteiger partial charge in [-0.25, -0.2) is 0 Å². The van der Waals surface area contributed by atoms with Crippen LogP contribution < -0.4 is 5.73 Å². The fraction of sp³-hybridized carbons (Fsp3) is 0.182. The van der Waals surface area contributed by atoms with Gasteiger partial charge in [-0.3, -0.25) is 4.79 Å². The summed E-state index contributed by atoms with van der Waals surface area (Å²) in [6, 6.07) is 7.83. The lowest BCUT2D eigenvalue weighted by Gasteiger charge is -1.98. The maximum absolute atomic E-state index is 10.4. The van der Waals surface area contributed by atoms with Crippen LogP contribution >= 0.6 is 0 Å². The van der Waals surface area contributed by atoms with Crippen LogP contribution in [-0.4, -0.2) is 6.29 Å². The molecular weight excluding hydrogens is 162 g/mol. The number of rotatable bonds is 3. The summed E-state index contributed by atoms with van der Waals surface area (Å²) in [4.78, 5) is 10.4. The van der Waals surface area contributed by atoms with Crippen molar-refractivity contribution in [1.82, 2.24) is 0 Å². The third-order valence-electron chi connectivity index (χ3n) is 1.77. The summed E-state index contributed by atoms with van der Waals surface area (Å²) >= 11 is 0. The number of carbonyl (C=O) groups excluding carboxylic acids is 1. The van der Waals surface area contributed by atoms with E-state index in [9.17, 15) is 4.79 Å². The Morgan fingerprint density at radius 3 is 2.92 bits per heavy atom. The number of carbonyl (C=O) groups is 1. The third kappa shape index (κ3) is 2.84. The molecule has 1 rings (SSSR count). The normalized spacial score (nSPS) is 11.4. The van der Waals surface area contributed by atoms with Gasteiger partial charge in [0, 0.05) is 6.54 Å². The van der Waals surface area contributed by atoms with Gasteiger partial charge in [0.25, 0.3) is 0 Å². The van der Waals surface area contributed by atoms with Crippen molar-refractivity contribution in [3.63, 3.8) is 0 Å². The zero-order chi connectivity index (χ0) is 9.68. The van der Waals surface area contributed by atoms with Crippen LogP contribution in [0.25, 0.3) is 6.08 Å². The number of hydrogen-bond acceptors (Lipinski definition) is 2. The summed E-state index contributed by atoms with van der Waals surface area (Å²) in [6.07, 6.45) is 2.68. The predicted octanol–water partition coefficient (Wildman–Crippen LogP) is 1.75. The molecule has 1 aromatic rings. The molecule has 2 N–H and O–H groups in total. The first-order valence-electron chi connectivity index (χ1n) is 4.18. The molecule has 0 aliphatic rings. The van der Waals surface area contributed by atoms with Crippen molar-refractivity contribution >= 4 is 12.4 Å². The van der Waals surface area contributed by atoms with E-state index in [1.54, 1.807) is 6.92 Å². The molecule has 0 radical (unpaired) electrons. The monoisotopic (exact) mass is 175 g/mol. The van der Waals surface area contributed by atoms with Gasteiger partial charge in [-0.15, -0.1) is 0 Å². The van der Waals surface area contributed by atoms with Gasteiger partial charge in [0.2, 0.25) is 0 Å². The van der Waals surface area contributed by atoms with Crippen molar-refractivity contribution in [2.24, 2.45) is 5.73 Å². The van der Waals surface area contributed by atoms with E-state index in [0.29, 0.717) is 12.1 Å². The van der Waals surface area contributed by atoms with Crippen molar-refractivity contribution in [3.8, 4) is 0 Å². The predicted molar refractivity (Wildman–Crippen MR) is 54.0 cm³/mol. The second kappa shape index (κ2) is 4.58. The fourth-order valence-electron chi connectivity index (χ4n) is 1.11. The fourth-order valence-corrected chi connectivity index (χ4v) is 1.11. The minimum Gasteiger partial charge on any atom is -0.326 e. The summed E-state index contributed by atoms with van der Waals surface area (Å²) in [7, 11) is 0. The zero-order valence-electron chi connectivity index (χ0n) is 7.66. The van der Waals surface area contributed by atoms with Crippen LogP contribution in [-0.2, 0) is 11.3 Å². The molecule has 0 amide bonds. The Morgan fingerprint density at radius 2 is 2.31 bits per heavy atom. The quantitative estimate of drug-likeness (QED) is 0.561. The first kappa shape index (κ1) is 9.68. The molecular formula is C11H13NO. The van der Waals surface area contributed by atoms with Crippen molar-refractivity contribution in [2.75, 3.05) is 0 Å². The molecule has 0 fully saturated rings. The molecule has 0 saturated carbocycles. The van der Waals surface area contributed by atoms with Gasteiger partial charge in [0.05, 0.1) is 0 Å². The van der Waals surface area contributed by atoms with Gasteiger partial charge in [-0.1, -0.05) is 24.3 Å². The van der Waals surface area contributed by atoms with Crippen LogP contribution in [0.5, 0.6) is 0 Å². The molecule has 0 bridgehead atoms. The van der Waals surface area contributed by atoms with E-state index in [-0.39, 0.29) is 0 Å². The van der Waals surface area contributed by atoms with E-state index in [1.165, 1.54) is 0 Å². The Hall–Kier alpha value is -1.41. The van der Waals surface area contributed by atoms with Gasteiger partial charge in [-0.2, -0.15) is 0 Å². The largest absolute Gasteiger partial charge is 0.326 e. The van der Waals surface area contributed by atoms with Crippen molar-refractivity contribution in [3.05, 3.63) is 41.0 Å². The number of benzene rings is 1. The second-order valence-electron chi connectivity index (χ2n) is 2.96. The van der Waals surface area contributed by atoms with E-state index in [2.05, 4.69) is 0 Å². The lowest BCUT2D eigenvalue weighted by molar-refractivity contribution is -0.104. The molecule has 0 aliphatic heterocycles. The van der Waals surface area contributed by atoms with Crippen LogP contribution in [0.2, 0.25) is 0 Å². The molecule has 13 heavy (non-hydrogen) atoms. The number of hydrogen-bond donors (Lipinski definition) is 1. The molecule has 2 nitrogen and oxygen atoms in total. The highest BCUT2D eigenvalue weighted by molar-refractivity contribution is 5.80. The van der Waals surface area contributed by atoms with Crippen LogP contribution in [0.1, 0.15) is 18.1 Å². The van der Waals surface area contributed by atoms with Gasteiger partial charge < -0.3 is 5.73 Å². The Labute approximate surface area is 78.1 Å². The average molecular weight is 175 g/mol. The van der Waals surface area contributed by atoms with Crippen LogP contribution in [0.15, 0.2) is 29.8 Å². The first-order chi connectivity index (χ1) is 6.26. The van der Waals surface area contributed by atoms with E-state index in [4.69, 9.17) is 5.73 Å². The molecule has 0 spiro atoms. The van der Waals surface area contributed by atoms with Crippen molar-refractivity contribution in [2.45, 2.75) is 13.5 Å². The van der Waals surface area contributed by atoms with Crippen LogP contribution in [0.4, 0.5) is 0 Å². The molecule has 68 valence electrons. The lowest BCUT2D eigenvalue weighted by atomic mass is 10.1. The lowest BCUT2D eigenvalue weighted by Crippen LogP contribution is -1.95. The highest BCUT2D eigenvalue weighted by atomic mass is 16.1. The van der Waals surface area contributed by atoms with Gasteiger partial charge >= 0.3 is 0 Å². The average Bonchev–Trinajstić information content (AvgIpc) is 2.18. The number of nitrogens with two attached hydrogens (primary N) is 1. The summed E-state index contributed by atoms with van der Waals surface area (Å²) in [5, 5.41) is 0. The molecule has 1 aromatic carbocycles. The molecule has 0 heterocycles. The van der Waals surface area contributed by atoms with E-state index in [0.717, 1.165) is 17.4 Å². The Balaban J connectivity index is 2.95. The standard InChI is InChI=1S/C11H13NO/c1-9(8-13)5-10-3-2-4-11(6-10)7-12/h2-6,8H,7,12H2,1H3/b9-5+. The molecule has 0 aliphatic carbocycles. The van der Waals surface area contributed by atoms with Gasteiger partial charge in [0.1, 0.15) is 6.29 Å². The van der Waals surface area contributed by atoms with E-state index in [1.807, 2.05) is 30.3 Å². The Morgan fingerprint density at radius 1 is 1.54 bits per heavy atom. The first-order valence-corrected chi connectivity index (χ1v) is 4.18. The van der Waals surface area contributed by atoms with Crippen molar-refractivity contribution in [1.29, 1.82) is 0 Å². The minimum atomic E-state index is 0.530. The van der Waals surface area contributed by atoms with Crippen LogP contribution in [0, 0.1) is 0 Å². The number of aldehydes is 1. The minimum absolute atomic E-state index is 0.530. The molecule has 2 heteroatoms. The second-order valence-corrected chi connectivity index (χ2v) is 2.96. The Kier molecular flexibility index (Phi) is 3.41. The smallest absolute Gasteiger partial charge is 0.145 e. The zero-order valence-corrected chi connectivity index (χ0v) is 7.66. The van der Waals surface area contributed by atoms with E-state index >= 15 is 0 Å². The van der Waals surface area contributed by atoms with Crippen LogP contribution in [0.3, 0.4) is 0 Å². The topological polar surface area (TPSA) is 43.1 Å². The summed E-state index contributed by atoms with van der Waals surface area (Å²) in [5.41, 5.74) is 8.31. The van der Waals surface area contributed by atoms with Gasteiger partial charge in [-0.05, 0) is 29.7 Å².